The maximum atomic E-state index is 11.5. The first-order valence-electron chi connectivity index (χ1n) is 5.65. The number of rotatable bonds is 7. The molecule has 0 unspecified atom stereocenters. The normalized spacial score (nSPS) is 10.1. The van der Waals surface area contributed by atoms with E-state index in [0.29, 0.717) is 25.6 Å². The summed E-state index contributed by atoms with van der Waals surface area (Å²) in [5, 5.41) is 0. The monoisotopic (exact) mass is 254 g/mol. The van der Waals surface area contributed by atoms with E-state index < -0.39 is 0 Å². The van der Waals surface area contributed by atoms with Crippen molar-refractivity contribution >= 4 is 17.6 Å². The lowest BCUT2D eigenvalue weighted by molar-refractivity contribution is -0.141. The van der Waals surface area contributed by atoms with Crippen LogP contribution >= 0.6 is 0 Å². The lowest BCUT2D eigenvalue weighted by Crippen LogP contribution is -2.35. The second kappa shape index (κ2) is 7.44. The molecule has 0 aliphatic carbocycles. The number of carbonyl (C=O) groups excluding carboxylic acids is 1. The lowest BCUT2D eigenvalue weighted by atomic mass is 10.4. The minimum Gasteiger partial charge on any atom is -0.465 e. The summed E-state index contributed by atoms with van der Waals surface area (Å²) in [6.07, 6.45) is 3.02. The van der Waals surface area contributed by atoms with Gasteiger partial charge < -0.3 is 20.1 Å². The Balaban J connectivity index is 2.77. The number of esters is 1. The summed E-state index contributed by atoms with van der Waals surface area (Å²) in [5.74, 6) is 0.402. The summed E-state index contributed by atoms with van der Waals surface area (Å²) in [5.41, 5.74) is 5.73. The zero-order valence-corrected chi connectivity index (χ0v) is 10.6. The van der Waals surface area contributed by atoms with Gasteiger partial charge in [0.25, 0.3) is 0 Å². The van der Waals surface area contributed by atoms with Gasteiger partial charge in [0.2, 0.25) is 0 Å². The van der Waals surface area contributed by atoms with Crippen molar-refractivity contribution in [3.05, 3.63) is 12.4 Å². The van der Waals surface area contributed by atoms with Crippen LogP contribution in [0.3, 0.4) is 0 Å². The van der Waals surface area contributed by atoms with E-state index in [1.54, 1.807) is 18.9 Å². The molecule has 0 saturated heterocycles. The molecule has 7 heteroatoms. The minimum atomic E-state index is -0.335. The van der Waals surface area contributed by atoms with Crippen molar-refractivity contribution in [3.8, 4) is 0 Å². The summed E-state index contributed by atoms with van der Waals surface area (Å²) in [6, 6.07) is 0. The van der Waals surface area contributed by atoms with E-state index in [1.165, 1.54) is 12.4 Å². The fourth-order valence-corrected chi connectivity index (χ4v) is 1.41. The Bertz CT molecular complexity index is 386. The van der Waals surface area contributed by atoms with Crippen LogP contribution in [-0.2, 0) is 14.3 Å². The van der Waals surface area contributed by atoms with Crippen LogP contribution in [0.15, 0.2) is 12.4 Å². The third-order valence-corrected chi connectivity index (χ3v) is 2.20. The molecule has 0 spiro atoms. The largest absolute Gasteiger partial charge is 0.465 e. The Morgan fingerprint density at radius 2 is 2.17 bits per heavy atom. The third-order valence-electron chi connectivity index (χ3n) is 2.20. The molecule has 1 heterocycles. The van der Waals surface area contributed by atoms with Gasteiger partial charge in [-0.15, -0.1) is 0 Å². The Kier molecular flexibility index (Phi) is 5.86. The number of carbonyl (C=O) groups is 1. The third kappa shape index (κ3) is 4.17. The molecule has 7 nitrogen and oxygen atoms in total. The molecule has 0 aromatic carbocycles. The zero-order valence-electron chi connectivity index (χ0n) is 10.6. The van der Waals surface area contributed by atoms with Crippen molar-refractivity contribution in [2.24, 2.45) is 0 Å². The number of nitrogens with zero attached hydrogens (tertiary/aromatic N) is 3. The fourth-order valence-electron chi connectivity index (χ4n) is 1.41. The SMILES string of the molecule is CCOC(=O)CN(CCOC)c1nccnc1N. The molecular weight excluding hydrogens is 236 g/mol. The van der Waals surface area contributed by atoms with Gasteiger partial charge in [0.1, 0.15) is 6.54 Å². The van der Waals surface area contributed by atoms with Crippen molar-refractivity contribution in [1.82, 2.24) is 9.97 Å². The average Bonchev–Trinajstić information content (AvgIpc) is 2.35. The van der Waals surface area contributed by atoms with Crippen LogP contribution in [0, 0.1) is 0 Å². The fraction of sp³-hybridized carbons (Fsp3) is 0.545. The molecule has 0 amide bonds. The predicted octanol–water partition coefficient (Wildman–Crippen LogP) is 0.0747. The number of nitrogens with two attached hydrogens (primary N) is 1. The van der Waals surface area contributed by atoms with E-state index in [-0.39, 0.29) is 18.3 Å². The molecule has 0 atom stereocenters. The van der Waals surface area contributed by atoms with E-state index in [1.807, 2.05) is 0 Å². The summed E-state index contributed by atoms with van der Waals surface area (Å²) < 4.78 is 9.90. The molecule has 0 bridgehead atoms. The maximum Gasteiger partial charge on any atom is 0.325 e. The highest BCUT2D eigenvalue weighted by Gasteiger charge is 2.16. The molecule has 2 N–H and O–H groups in total. The zero-order chi connectivity index (χ0) is 13.4. The average molecular weight is 254 g/mol. The molecule has 0 saturated carbocycles. The molecule has 0 radical (unpaired) electrons. The second-order valence-corrected chi connectivity index (χ2v) is 3.48. The van der Waals surface area contributed by atoms with Gasteiger partial charge in [0.05, 0.1) is 13.2 Å². The van der Waals surface area contributed by atoms with Gasteiger partial charge in [0.15, 0.2) is 11.6 Å². The second-order valence-electron chi connectivity index (χ2n) is 3.48. The van der Waals surface area contributed by atoms with Gasteiger partial charge in [-0.1, -0.05) is 0 Å². The van der Waals surface area contributed by atoms with Gasteiger partial charge in [-0.2, -0.15) is 0 Å². The van der Waals surface area contributed by atoms with Crippen LogP contribution in [0.5, 0.6) is 0 Å². The van der Waals surface area contributed by atoms with Gasteiger partial charge in [0, 0.05) is 26.0 Å². The first-order valence-corrected chi connectivity index (χ1v) is 5.65. The molecule has 1 aromatic rings. The quantitative estimate of drug-likeness (QED) is 0.689. The Morgan fingerprint density at radius 1 is 1.44 bits per heavy atom. The summed E-state index contributed by atoms with van der Waals surface area (Å²) in [7, 11) is 1.59. The molecular formula is C11H18N4O3. The summed E-state index contributed by atoms with van der Waals surface area (Å²) in [4.78, 5) is 21.3. The number of hydrogen-bond donors (Lipinski definition) is 1. The van der Waals surface area contributed by atoms with Crippen LogP contribution in [0.4, 0.5) is 11.6 Å². The molecule has 0 aliphatic rings. The van der Waals surface area contributed by atoms with Gasteiger partial charge >= 0.3 is 5.97 Å². The van der Waals surface area contributed by atoms with Gasteiger partial charge in [-0.3, -0.25) is 4.79 Å². The standard InChI is InChI=1S/C11H18N4O3/c1-3-18-9(16)8-15(6-7-17-2)11-10(12)13-4-5-14-11/h4-5H,3,6-8H2,1-2H3,(H2,12,13). The Morgan fingerprint density at radius 3 is 2.78 bits per heavy atom. The smallest absolute Gasteiger partial charge is 0.325 e. The first kappa shape index (κ1) is 14.2. The van der Waals surface area contributed by atoms with Crippen molar-refractivity contribution in [3.63, 3.8) is 0 Å². The number of aromatic nitrogens is 2. The molecule has 1 rings (SSSR count). The Hall–Kier alpha value is -1.89. The van der Waals surface area contributed by atoms with Gasteiger partial charge in [-0.25, -0.2) is 9.97 Å². The highest BCUT2D eigenvalue weighted by molar-refractivity contribution is 5.76. The number of nitrogen functional groups attached to an aromatic ring is 1. The number of methoxy groups -OCH3 is 1. The predicted molar refractivity (Wildman–Crippen MR) is 67.2 cm³/mol. The van der Waals surface area contributed by atoms with E-state index in [2.05, 4.69) is 9.97 Å². The number of ether oxygens (including phenoxy) is 2. The van der Waals surface area contributed by atoms with E-state index >= 15 is 0 Å². The van der Waals surface area contributed by atoms with E-state index in [9.17, 15) is 4.79 Å². The number of anilines is 2. The molecule has 100 valence electrons. The first-order chi connectivity index (χ1) is 8.69. The minimum absolute atomic E-state index is 0.0695. The van der Waals surface area contributed by atoms with Crippen molar-refractivity contribution in [1.29, 1.82) is 0 Å². The molecule has 0 aliphatic heterocycles. The molecule has 1 aromatic heterocycles. The Labute approximate surface area is 106 Å². The van der Waals surface area contributed by atoms with Gasteiger partial charge in [-0.05, 0) is 6.92 Å². The van der Waals surface area contributed by atoms with Crippen molar-refractivity contribution < 1.29 is 14.3 Å². The highest BCUT2D eigenvalue weighted by atomic mass is 16.5. The topological polar surface area (TPSA) is 90.6 Å². The summed E-state index contributed by atoms with van der Waals surface area (Å²) in [6.45, 7) is 3.11. The van der Waals surface area contributed by atoms with Crippen LogP contribution < -0.4 is 10.6 Å². The van der Waals surface area contributed by atoms with Crippen LogP contribution in [0.2, 0.25) is 0 Å². The van der Waals surface area contributed by atoms with Crippen LogP contribution in [-0.4, -0.2) is 49.4 Å². The van der Waals surface area contributed by atoms with Crippen LogP contribution in [0.1, 0.15) is 6.92 Å². The van der Waals surface area contributed by atoms with Crippen molar-refractivity contribution in [2.45, 2.75) is 6.92 Å². The van der Waals surface area contributed by atoms with E-state index in [0.717, 1.165) is 0 Å². The summed E-state index contributed by atoms with van der Waals surface area (Å²) >= 11 is 0. The lowest BCUT2D eigenvalue weighted by Gasteiger charge is -2.22. The molecule has 18 heavy (non-hydrogen) atoms. The molecule has 0 fully saturated rings. The van der Waals surface area contributed by atoms with E-state index in [4.69, 9.17) is 15.2 Å². The number of hydrogen-bond acceptors (Lipinski definition) is 7. The van der Waals surface area contributed by atoms with Crippen molar-refractivity contribution in [2.75, 3.05) is 44.0 Å². The van der Waals surface area contributed by atoms with Crippen LogP contribution in [0.25, 0.3) is 0 Å². The maximum absolute atomic E-state index is 11.5. The highest BCUT2D eigenvalue weighted by Crippen LogP contribution is 2.16.